The molecule has 2 aliphatic rings. The smallest absolute Gasteiger partial charge is 0.293 e. The van der Waals surface area contributed by atoms with Crippen LogP contribution in [0, 0.1) is 5.92 Å². The molecular formula is C27H34F2N6O3S. The number of aromatic nitrogens is 3. The van der Waals surface area contributed by atoms with Crippen LogP contribution in [0.3, 0.4) is 0 Å². The lowest BCUT2D eigenvalue weighted by atomic mass is 9.90. The van der Waals surface area contributed by atoms with Gasteiger partial charge in [0.25, 0.3) is 5.92 Å². The highest BCUT2D eigenvalue weighted by molar-refractivity contribution is 7.90. The van der Waals surface area contributed by atoms with Crippen LogP contribution in [0.5, 0.6) is 0 Å². The van der Waals surface area contributed by atoms with Crippen molar-refractivity contribution in [1.82, 2.24) is 15.0 Å². The Labute approximate surface area is 227 Å². The molecular weight excluding hydrogens is 526 g/mol. The number of aliphatic hydroxyl groups is 1. The third kappa shape index (κ3) is 5.62. The Morgan fingerprint density at radius 3 is 2.54 bits per heavy atom. The van der Waals surface area contributed by atoms with E-state index < -0.39 is 27.9 Å². The summed E-state index contributed by atoms with van der Waals surface area (Å²) >= 11 is 0. The van der Waals surface area contributed by atoms with E-state index in [0.717, 1.165) is 28.9 Å². The van der Waals surface area contributed by atoms with Crippen molar-refractivity contribution >= 4 is 43.9 Å². The van der Waals surface area contributed by atoms with Crippen LogP contribution < -0.4 is 15.1 Å². The minimum absolute atomic E-state index is 0.0976. The average molecular weight is 561 g/mol. The second-order valence-corrected chi connectivity index (χ2v) is 13.5. The molecule has 2 N–H and O–H groups in total. The molecule has 0 unspecified atom stereocenters. The number of pyridine rings is 1. The summed E-state index contributed by atoms with van der Waals surface area (Å²) in [6, 6.07) is 7.78. The molecule has 1 aromatic carbocycles. The van der Waals surface area contributed by atoms with E-state index in [4.69, 9.17) is 0 Å². The number of anilines is 4. The minimum atomic E-state index is -3.29. The highest BCUT2D eigenvalue weighted by Crippen LogP contribution is 2.38. The molecule has 39 heavy (non-hydrogen) atoms. The van der Waals surface area contributed by atoms with Gasteiger partial charge >= 0.3 is 0 Å². The molecule has 210 valence electrons. The summed E-state index contributed by atoms with van der Waals surface area (Å²) in [5.41, 5.74) is 0.106. The predicted molar refractivity (Wildman–Crippen MR) is 149 cm³/mol. The SMILES string of the molecule is CC(C)c1ccc(N2CC(CS(C)(=O)=O)C2)c2cnc(Nc3ccnc(N4CC[C@@](C)(O)C(F)(F)C4)n3)cc12. The van der Waals surface area contributed by atoms with E-state index in [1.54, 1.807) is 12.3 Å². The molecule has 0 amide bonds. The second kappa shape index (κ2) is 9.81. The Hall–Kier alpha value is -3.12. The van der Waals surface area contributed by atoms with Crippen LogP contribution in [0.4, 0.5) is 32.1 Å². The Morgan fingerprint density at radius 2 is 1.87 bits per heavy atom. The van der Waals surface area contributed by atoms with Crippen molar-refractivity contribution in [2.45, 2.75) is 44.6 Å². The van der Waals surface area contributed by atoms with E-state index in [1.807, 2.05) is 6.07 Å². The number of fused-ring (bicyclic) bond motifs is 1. The molecule has 2 saturated heterocycles. The molecule has 0 saturated carbocycles. The lowest BCUT2D eigenvalue weighted by Gasteiger charge is -2.42. The van der Waals surface area contributed by atoms with Gasteiger partial charge in [0.2, 0.25) is 5.95 Å². The van der Waals surface area contributed by atoms with Crippen molar-refractivity contribution in [2.75, 3.05) is 53.3 Å². The lowest BCUT2D eigenvalue weighted by molar-refractivity contribution is -0.177. The largest absolute Gasteiger partial charge is 0.384 e. The van der Waals surface area contributed by atoms with Gasteiger partial charge in [0, 0.05) is 55.3 Å². The molecule has 3 aromatic rings. The molecule has 2 aromatic heterocycles. The number of benzene rings is 1. The van der Waals surface area contributed by atoms with Crippen molar-refractivity contribution in [2.24, 2.45) is 5.92 Å². The van der Waals surface area contributed by atoms with Gasteiger partial charge in [-0.2, -0.15) is 4.98 Å². The van der Waals surface area contributed by atoms with Crippen LogP contribution in [0.1, 0.15) is 38.7 Å². The highest BCUT2D eigenvalue weighted by Gasteiger charge is 2.53. The first-order valence-electron chi connectivity index (χ1n) is 13.0. The first-order chi connectivity index (χ1) is 18.2. The summed E-state index contributed by atoms with van der Waals surface area (Å²) in [6.07, 6.45) is 4.48. The van der Waals surface area contributed by atoms with Gasteiger partial charge in [-0.3, -0.25) is 0 Å². The molecule has 2 aliphatic heterocycles. The van der Waals surface area contributed by atoms with Gasteiger partial charge in [-0.25, -0.2) is 27.2 Å². The van der Waals surface area contributed by atoms with E-state index in [0.29, 0.717) is 24.7 Å². The van der Waals surface area contributed by atoms with Crippen LogP contribution in [-0.4, -0.2) is 78.2 Å². The van der Waals surface area contributed by atoms with Gasteiger partial charge in [0.1, 0.15) is 27.1 Å². The number of alkyl halides is 2. The molecule has 0 radical (unpaired) electrons. The molecule has 0 aliphatic carbocycles. The van der Waals surface area contributed by atoms with Gasteiger partial charge < -0.3 is 20.2 Å². The van der Waals surface area contributed by atoms with Gasteiger partial charge in [-0.05, 0) is 48.4 Å². The lowest BCUT2D eigenvalue weighted by Crippen LogP contribution is -2.59. The number of piperidine rings is 1. The summed E-state index contributed by atoms with van der Waals surface area (Å²) in [6.45, 7) is 6.30. The fourth-order valence-corrected chi connectivity index (χ4v) is 6.36. The Morgan fingerprint density at radius 1 is 1.13 bits per heavy atom. The Balaban J connectivity index is 1.39. The zero-order valence-corrected chi connectivity index (χ0v) is 23.3. The monoisotopic (exact) mass is 560 g/mol. The van der Waals surface area contributed by atoms with Crippen molar-refractivity contribution < 1.29 is 22.3 Å². The van der Waals surface area contributed by atoms with Crippen LogP contribution in [0.25, 0.3) is 10.8 Å². The van der Waals surface area contributed by atoms with Crippen LogP contribution in [0.2, 0.25) is 0 Å². The van der Waals surface area contributed by atoms with E-state index in [1.165, 1.54) is 17.4 Å². The van der Waals surface area contributed by atoms with Crippen molar-refractivity contribution in [3.8, 4) is 0 Å². The van der Waals surface area contributed by atoms with E-state index in [2.05, 4.69) is 51.1 Å². The first-order valence-corrected chi connectivity index (χ1v) is 15.1. The normalized spacial score (nSPS) is 21.8. The number of hydrogen-bond donors (Lipinski definition) is 2. The predicted octanol–water partition coefficient (Wildman–Crippen LogP) is 3.97. The fourth-order valence-electron chi connectivity index (χ4n) is 5.29. The van der Waals surface area contributed by atoms with Crippen LogP contribution in [0.15, 0.2) is 36.7 Å². The number of sulfone groups is 1. The second-order valence-electron chi connectivity index (χ2n) is 11.3. The van der Waals surface area contributed by atoms with Crippen molar-refractivity contribution in [3.63, 3.8) is 0 Å². The first kappa shape index (κ1) is 27.4. The molecule has 2 fully saturated rings. The zero-order valence-electron chi connectivity index (χ0n) is 22.5. The quantitative estimate of drug-likeness (QED) is 0.443. The van der Waals surface area contributed by atoms with Crippen molar-refractivity contribution in [1.29, 1.82) is 0 Å². The van der Waals surface area contributed by atoms with Crippen LogP contribution >= 0.6 is 0 Å². The fraction of sp³-hybridized carbons (Fsp3) is 0.519. The number of nitrogens with one attached hydrogen (secondary N) is 1. The molecule has 1 atom stereocenters. The number of rotatable bonds is 7. The van der Waals surface area contributed by atoms with E-state index in [9.17, 15) is 22.3 Å². The minimum Gasteiger partial charge on any atom is -0.384 e. The average Bonchev–Trinajstić information content (AvgIpc) is 2.82. The third-order valence-electron chi connectivity index (χ3n) is 7.60. The summed E-state index contributed by atoms with van der Waals surface area (Å²) in [5, 5.41) is 15.2. The van der Waals surface area contributed by atoms with E-state index >= 15 is 0 Å². The van der Waals surface area contributed by atoms with Crippen LogP contribution in [-0.2, 0) is 9.84 Å². The zero-order chi connectivity index (χ0) is 28.2. The number of hydrogen-bond acceptors (Lipinski definition) is 9. The van der Waals surface area contributed by atoms with E-state index in [-0.39, 0.29) is 36.5 Å². The summed E-state index contributed by atoms with van der Waals surface area (Å²) in [7, 11) is -3.02. The Bertz CT molecular complexity index is 1490. The van der Waals surface area contributed by atoms with Crippen molar-refractivity contribution in [3.05, 3.63) is 42.2 Å². The van der Waals surface area contributed by atoms with Gasteiger partial charge in [0.15, 0.2) is 0 Å². The molecule has 5 rings (SSSR count). The highest BCUT2D eigenvalue weighted by atomic mass is 32.2. The molecule has 4 heterocycles. The molecule has 9 nitrogen and oxygen atoms in total. The maximum Gasteiger partial charge on any atom is 0.293 e. The summed E-state index contributed by atoms with van der Waals surface area (Å²) < 4.78 is 52.2. The standard InChI is InChI=1S/C27H34F2N6O3S/c1-17(2)19-5-6-22(35-13-18(14-35)15-39(4,37)38)21-12-31-24(11-20(19)21)32-23-7-9-30-25(33-23)34-10-8-26(3,36)27(28,29)16-34/h5-7,9,11-12,17-18,36H,8,10,13-16H2,1-4H3,(H,30,31,32,33)/t26-/m1/s1. The Kier molecular flexibility index (Phi) is 6.91. The van der Waals surface area contributed by atoms with Gasteiger partial charge in [-0.15, -0.1) is 0 Å². The summed E-state index contributed by atoms with van der Waals surface area (Å²) in [5.74, 6) is -1.60. The third-order valence-corrected chi connectivity index (χ3v) is 8.67. The number of halogens is 2. The maximum absolute atomic E-state index is 14.4. The molecule has 12 heteroatoms. The maximum atomic E-state index is 14.4. The number of nitrogens with zero attached hydrogens (tertiary/aromatic N) is 5. The summed E-state index contributed by atoms with van der Waals surface area (Å²) in [4.78, 5) is 16.8. The molecule has 0 bridgehead atoms. The van der Waals surface area contributed by atoms with Gasteiger partial charge in [0.05, 0.1) is 12.3 Å². The topological polar surface area (TPSA) is 112 Å². The van der Waals surface area contributed by atoms with Gasteiger partial charge in [-0.1, -0.05) is 19.9 Å². The molecule has 0 spiro atoms.